The molecule has 0 amide bonds. The van der Waals surface area contributed by atoms with E-state index in [0.29, 0.717) is 19.8 Å². The molecule has 0 bridgehead atoms. The number of rotatable bonds is 2. The van der Waals surface area contributed by atoms with E-state index in [1.807, 2.05) is 6.07 Å². The van der Waals surface area contributed by atoms with E-state index < -0.39 is 5.97 Å². The van der Waals surface area contributed by atoms with Crippen molar-refractivity contribution in [3.8, 4) is 0 Å². The summed E-state index contributed by atoms with van der Waals surface area (Å²) in [5, 5.41) is 8.84. The quantitative estimate of drug-likeness (QED) is 0.767. The van der Waals surface area contributed by atoms with E-state index in [1.165, 1.54) is 0 Å². The molecule has 5 heteroatoms. The molecule has 16 heavy (non-hydrogen) atoms. The van der Waals surface area contributed by atoms with Crippen LogP contribution in [0.15, 0.2) is 24.3 Å². The van der Waals surface area contributed by atoms with Gasteiger partial charge >= 0.3 is 35.5 Å². The third-order valence-electron chi connectivity index (χ3n) is 2.32. The first-order valence-electron chi connectivity index (χ1n) is 4.80. The van der Waals surface area contributed by atoms with E-state index in [-0.39, 0.29) is 41.2 Å². The second-order valence-corrected chi connectivity index (χ2v) is 3.36. The standard InChI is InChI=1S/C11H12O4.Na.H/c12-11(13)9-3-1-2-8(6-9)10-7-14-4-5-15-10;;/h1-3,6,10H,4-5,7H2,(H,12,13);;. The summed E-state index contributed by atoms with van der Waals surface area (Å²) in [6.45, 7) is 1.65. The number of carboxylic acid groups (broad SMARTS) is 1. The number of aromatic carboxylic acids is 1. The molecule has 1 fully saturated rings. The van der Waals surface area contributed by atoms with E-state index in [0.717, 1.165) is 5.56 Å². The first kappa shape index (κ1) is 13.7. The fraction of sp³-hybridized carbons (Fsp3) is 0.364. The Morgan fingerprint density at radius 3 is 2.81 bits per heavy atom. The monoisotopic (exact) mass is 232 g/mol. The average molecular weight is 232 g/mol. The van der Waals surface area contributed by atoms with Gasteiger partial charge in [-0.1, -0.05) is 12.1 Å². The summed E-state index contributed by atoms with van der Waals surface area (Å²) >= 11 is 0. The maximum absolute atomic E-state index is 10.8. The van der Waals surface area contributed by atoms with Gasteiger partial charge in [0.1, 0.15) is 6.10 Å². The zero-order chi connectivity index (χ0) is 10.7. The van der Waals surface area contributed by atoms with Gasteiger partial charge in [-0.05, 0) is 17.7 Å². The fourth-order valence-corrected chi connectivity index (χ4v) is 1.55. The van der Waals surface area contributed by atoms with Gasteiger partial charge in [0.15, 0.2) is 0 Å². The van der Waals surface area contributed by atoms with Crippen LogP contribution in [-0.2, 0) is 9.47 Å². The summed E-state index contributed by atoms with van der Waals surface area (Å²) in [7, 11) is 0. The first-order valence-corrected chi connectivity index (χ1v) is 4.80. The van der Waals surface area contributed by atoms with Crippen LogP contribution in [0.3, 0.4) is 0 Å². The molecule has 1 atom stereocenters. The molecule has 1 N–H and O–H groups in total. The van der Waals surface area contributed by atoms with Gasteiger partial charge in [-0.3, -0.25) is 0 Å². The predicted molar refractivity (Wildman–Crippen MR) is 60.1 cm³/mol. The Labute approximate surface area is 116 Å². The molecular formula is C11H13NaO4. The van der Waals surface area contributed by atoms with Crippen LogP contribution in [0.5, 0.6) is 0 Å². The second kappa shape index (κ2) is 6.37. The second-order valence-electron chi connectivity index (χ2n) is 3.36. The molecule has 2 rings (SSSR count). The molecule has 1 unspecified atom stereocenters. The summed E-state index contributed by atoms with van der Waals surface area (Å²) in [5.41, 5.74) is 1.14. The predicted octanol–water partition coefficient (Wildman–Crippen LogP) is 0.824. The first-order chi connectivity index (χ1) is 7.27. The molecule has 1 aliphatic rings. The van der Waals surface area contributed by atoms with Gasteiger partial charge in [0.05, 0.1) is 25.4 Å². The van der Waals surface area contributed by atoms with Crippen molar-refractivity contribution in [1.29, 1.82) is 0 Å². The van der Waals surface area contributed by atoms with Crippen molar-refractivity contribution in [2.75, 3.05) is 19.8 Å². The van der Waals surface area contributed by atoms with Gasteiger partial charge in [0, 0.05) is 0 Å². The molecule has 1 aliphatic heterocycles. The van der Waals surface area contributed by atoms with Gasteiger partial charge in [-0.2, -0.15) is 0 Å². The van der Waals surface area contributed by atoms with Crippen LogP contribution in [0.4, 0.5) is 0 Å². The van der Waals surface area contributed by atoms with Crippen LogP contribution >= 0.6 is 0 Å². The van der Waals surface area contributed by atoms with E-state index >= 15 is 0 Å². The minimum absolute atomic E-state index is 0. The Balaban J connectivity index is 0.00000128. The summed E-state index contributed by atoms with van der Waals surface area (Å²) < 4.78 is 10.7. The zero-order valence-electron chi connectivity index (χ0n) is 8.18. The number of carboxylic acids is 1. The van der Waals surface area contributed by atoms with E-state index in [2.05, 4.69) is 0 Å². The van der Waals surface area contributed by atoms with Gasteiger partial charge < -0.3 is 14.6 Å². The molecule has 82 valence electrons. The molecule has 0 spiro atoms. The summed E-state index contributed by atoms with van der Waals surface area (Å²) in [5.74, 6) is -0.923. The molecule has 0 aliphatic carbocycles. The van der Waals surface area contributed by atoms with E-state index in [1.54, 1.807) is 18.2 Å². The van der Waals surface area contributed by atoms with Crippen LogP contribution in [-0.4, -0.2) is 60.5 Å². The van der Waals surface area contributed by atoms with Crippen molar-refractivity contribution in [2.45, 2.75) is 6.10 Å². The SMILES string of the molecule is O=C(O)c1cccc(C2COCCO2)c1.[NaH]. The molecule has 1 saturated heterocycles. The molecule has 0 aromatic heterocycles. The Morgan fingerprint density at radius 2 is 2.19 bits per heavy atom. The van der Waals surface area contributed by atoms with Gasteiger partial charge in [0.2, 0.25) is 0 Å². The Morgan fingerprint density at radius 1 is 1.38 bits per heavy atom. The topological polar surface area (TPSA) is 55.8 Å². The summed E-state index contributed by atoms with van der Waals surface area (Å²) in [6, 6.07) is 6.76. The van der Waals surface area contributed by atoms with Crippen LogP contribution in [0.2, 0.25) is 0 Å². The van der Waals surface area contributed by atoms with Gasteiger partial charge in [-0.25, -0.2) is 4.79 Å². The summed E-state index contributed by atoms with van der Waals surface area (Å²) in [6.07, 6.45) is -0.141. The van der Waals surface area contributed by atoms with E-state index in [4.69, 9.17) is 14.6 Å². The molecular weight excluding hydrogens is 219 g/mol. The van der Waals surface area contributed by atoms with E-state index in [9.17, 15) is 4.79 Å². The van der Waals surface area contributed by atoms with Crippen LogP contribution in [0, 0.1) is 0 Å². The maximum atomic E-state index is 10.8. The van der Waals surface area contributed by atoms with Crippen molar-refractivity contribution in [2.24, 2.45) is 0 Å². The molecule has 0 radical (unpaired) electrons. The number of hydrogen-bond acceptors (Lipinski definition) is 3. The number of ether oxygens (including phenoxy) is 2. The zero-order valence-corrected chi connectivity index (χ0v) is 8.18. The molecule has 1 aromatic rings. The Hall–Kier alpha value is -0.390. The Kier molecular flexibility index (Phi) is 5.44. The molecule has 1 heterocycles. The minimum atomic E-state index is -0.923. The molecule has 4 nitrogen and oxygen atoms in total. The van der Waals surface area contributed by atoms with Gasteiger partial charge in [-0.15, -0.1) is 0 Å². The molecule has 1 aromatic carbocycles. The summed E-state index contributed by atoms with van der Waals surface area (Å²) in [4.78, 5) is 10.8. The third kappa shape index (κ3) is 3.30. The van der Waals surface area contributed by atoms with Crippen LogP contribution in [0.25, 0.3) is 0 Å². The fourth-order valence-electron chi connectivity index (χ4n) is 1.55. The van der Waals surface area contributed by atoms with Crippen molar-refractivity contribution in [3.63, 3.8) is 0 Å². The number of benzene rings is 1. The Bertz CT molecular complexity index is 361. The average Bonchev–Trinajstić information content (AvgIpc) is 2.30. The van der Waals surface area contributed by atoms with Crippen molar-refractivity contribution in [1.82, 2.24) is 0 Å². The number of carbonyl (C=O) groups is 1. The van der Waals surface area contributed by atoms with Crippen molar-refractivity contribution >= 4 is 35.5 Å². The van der Waals surface area contributed by atoms with Crippen molar-refractivity contribution < 1.29 is 19.4 Å². The number of hydrogen-bond donors (Lipinski definition) is 1. The van der Waals surface area contributed by atoms with Crippen LogP contribution in [0.1, 0.15) is 22.0 Å². The normalized spacial score (nSPS) is 19.9. The van der Waals surface area contributed by atoms with Crippen LogP contribution < -0.4 is 0 Å². The third-order valence-corrected chi connectivity index (χ3v) is 2.32. The van der Waals surface area contributed by atoms with Crippen molar-refractivity contribution in [3.05, 3.63) is 35.4 Å². The van der Waals surface area contributed by atoms with Gasteiger partial charge in [0.25, 0.3) is 0 Å². The molecule has 0 saturated carbocycles.